The number of pyridine rings is 2. The van der Waals surface area contributed by atoms with Crippen molar-refractivity contribution in [3.8, 4) is 0 Å². The van der Waals surface area contributed by atoms with Crippen LogP contribution in [-0.2, 0) is 12.4 Å². The van der Waals surface area contributed by atoms with Crippen LogP contribution >= 0.6 is 0 Å². The number of aromatic nitrogens is 4. The number of hydrogen-bond acceptors (Lipinski definition) is 3. The van der Waals surface area contributed by atoms with Crippen molar-refractivity contribution in [2.24, 2.45) is 0 Å². The van der Waals surface area contributed by atoms with Gasteiger partial charge in [0, 0.05) is 11.6 Å². The fourth-order valence-corrected chi connectivity index (χ4v) is 2.15. The van der Waals surface area contributed by atoms with E-state index in [1.807, 2.05) is 0 Å². The highest BCUT2D eigenvalue weighted by Crippen LogP contribution is 2.45. The lowest BCUT2D eigenvalue weighted by atomic mass is 10.0. The molecular weight excluding hydrogens is 302 g/mol. The molecule has 0 amide bonds. The molecule has 0 atom stereocenters. The zero-order valence-corrected chi connectivity index (χ0v) is 9.87. The van der Waals surface area contributed by atoms with E-state index in [4.69, 9.17) is 0 Å². The van der Waals surface area contributed by atoms with Gasteiger partial charge in [0.05, 0.1) is 5.56 Å². The first-order valence-electron chi connectivity index (χ1n) is 5.46. The maximum Gasteiger partial charge on any atom is 0.420 e. The predicted octanol–water partition coefficient (Wildman–Crippen LogP) is 3.32. The number of hydrogen-bond donors (Lipinski definition) is 0. The molecule has 10 heteroatoms. The van der Waals surface area contributed by atoms with Crippen molar-refractivity contribution in [1.29, 1.82) is 0 Å². The molecule has 0 saturated heterocycles. The average Bonchev–Trinajstić information content (AvgIpc) is 2.83. The Hall–Kier alpha value is -2.39. The fraction of sp³-hybridized carbons (Fsp3) is 0.182. The van der Waals surface area contributed by atoms with Gasteiger partial charge in [-0.25, -0.2) is 4.98 Å². The van der Waals surface area contributed by atoms with Crippen LogP contribution in [-0.4, -0.2) is 19.6 Å². The van der Waals surface area contributed by atoms with Gasteiger partial charge in [-0.1, -0.05) is 0 Å². The summed E-state index contributed by atoms with van der Waals surface area (Å²) in [4.78, 5) is 3.69. The van der Waals surface area contributed by atoms with Gasteiger partial charge in [-0.2, -0.15) is 26.3 Å². The van der Waals surface area contributed by atoms with E-state index < -0.39 is 34.5 Å². The van der Waals surface area contributed by atoms with Crippen LogP contribution < -0.4 is 0 Å². The van der Waals surface area contributed by atoms with Crippen LogP contribution in [0.3, 0.4) is 0 Å². The third kappa shape index (κ3) is 1.98. The van der Waals surface area contributed by atoms with Crippen molar-refractivity contribution in [3.05, 3.63) is 35.8 Å². The van der Waals surface area contributed by atoms with E-state index >= 15 is 0 Å². The number of alkyl halides is 6. The minimum atomic E-state index is -5.23. The first kappa shape index (κ1) is 13.6. The van der Waals surface area contributed by atoms with E-state index in [1.54, 1.807) is 0 Å². The van der Waals surface area contributed by atoms with Gasteiger partial charge in [-0.05, 0) is 12.1 Å². The van der Waals surface area contributed by atoms with Crippen molar-refractivity contribution in [3.63, 3.8) is 0 Å². The molecule has 4 nitrogen and oxygen atoms in total. The molecule has 0 aromatic carbocycles. The zero-order chi connectivity index (χ0) is 15.4. The summed E-state index contributed by atoms with van der Waals surface area (Å²) in [5.41, 5.74) is -4.90. The van der Waals surface area contributed by atoms with Crippen molar-refractivity contribution in [2.75, 3.05) is 0 Å². The molecule has 3 heterocycles. The normalized spacial score (nSPS) is 13.2. The number of nitrogens with zero attached hydrogens (tertiary/aromatic N) is 4. The van der Waals surface area contributed by atoms with Crippen molar-refractivity contribution in [2.45, 2.75) is 12.4 Å². The first-order valence-corrected chi connectivity index (χ1v) is 5.46. The second kappa shape index (κ2) is 4.06. The summed E-state index contributed by atoms with van der Waals surface area (Å²) in [5.74, 6) is 0. The molecule has 0 aliphatic carbocycles. The lowest BCUT2D eigenvalue weighted by Gasteiger charge is -2.18. The zero-order valence-electron chi connectivity index (χ0n) is 9.87. The van der Waals surface area contributed by atoms with Gasteiger partial charge in [-0.3, -0.25) is 4.40 Å². The lowest BCUT2D eigenvalue weighted by Crippen LogP contribution is -2.19. The van der Waals surface area contributed by atoms with Crippen LogP contribution in [0, 0.1) is 0 Å². The molecule has 0 aliphatic rings. The Morgan fingerprint density at radius 1 is 0.905 bits per heavy atom. The molecule has 0 N–H and O–H groups in total. The Kier molecular flexibility index (Phi) is 2.62. The van der Waals surface area contributed by atoms with Crippen LogP contribution in [0.4, 0.5) is 26.3 Å². The smallest absolute Gasteiger partial charge is 0.265 e. The Bertz CT molecular complexity index is 832. The summed E-state index contributed by atoms with van der Waals surface area (Å²) < 4.78 is 79.6. The molecule has 110 valence electrons. The van der Waals surface area contributed by atoms with E-state index in [2.05, 4.69) is 15.2 Å². The molecule has 0 fully saturated rings. The maximum atomic E-state index is 13.2. The number of rotatable bonds is 0. The summed E-state index contributed by atoms with van der Waals surface area (Å²) >= 11 is 0. The Balaban J connectivity index is 2.65. The largest absolute Gasteiger partial charge is 0.420 e. The molecule has 3 aromatic rings. The van der Waals surface area contributed by atoms with E-state index in [9.17, 15) is 26.3 Å². The monoisotopic (exact) mass is 306 g/mol. The highest BCUT2D eigenvalue weighted by atomic mass is 19.4. The van der Waals surface area contributed by atoms with Crippen LogP contribution in [0.5, 0.6) is 0 Å². The van der Waals surface area contributed by atoms with E-state index in [0.717, 1.165) is 22.9 Å². The SMILES string of the molecule is FC(F)(F)c1c(C(F)(F)F)c2nncn2c2ncccc12. The van der Waals surface area contributed by atoms with Gasteiger partial charge in [0.1, 0.15) is 17.5 Å². The summed E-state index contributed by atoms with van der Waals surface area (Å²) in [7, 11) is 0. The molecule has 0 aliphatic heterocycles. The minimum absolute atomic E-state index is 0.294. The third-order valence-corrected chi connectivity index (χ3v) is 2.87. The second-order valence-electron chi connectivity index (χ2n) is 4.14. The molecule has 3 rings (SSSR count). The van der Waals surface area contributed by atoms with Crippen LogP contribution in [0.15, 0.2) is 24.7 Å². The maximum absolute atomic E-state index is 13.2. The van der Waals surface area contributed by atoms with Crippen LogP contribution in [0.1, 0.15) is 11.1 Å². The summed E-state index contributed by atoms with van der Waals surface area (Å²) in [6.07, 6.45) is -8.38. The van der Waals surface area contributed by atoms with Gasteiger partial charge in [-0.15, -0.1) is 10.2 Å². The highest BCUT2D eigenvalue weighted by Gasteiger charge is 2.47. The Morgan fingerprint density at radius 3 is 2.19 bits per heavy atom. The standard InChI is InChI=1S/C11H4F6N4/c12-10(13,14)6-5-2-1-3-18-8(5)21-4-19-20-9(21)7(6)11(15,16)17/h1-4H. The lowest BCUT2D eigenvalue weighted by molar-refractivity contribution is -0.160. The molecule has 0 spiro atoms. The quantitative estimate of drug-likeness (QED) is 0.598. The van der Waals surface area contributed by atoms with Crippen molar-refractivity contribution >= 4 is 16.7 Å². The average molecular weight is 306 g/mol. The van der Waals surface area contributed by atoms with E-state index in [-0.39, 0.29) is 5.65 Å². The predicted molar refractivity (Wildman–Crippen MR) is 58.3 cm³/mol. The molecule has 3 aromatic heterocycles. The number of halogens is 6. The first-order chi connectivity index (χ1) is 9.71. The molecular formula is C11H4F6N4. The fourth-order valence-electron chi connectivity index (χ4n) is 2.15. The van der Waals surface area contributed by atoms with E-state index in [0.29, 0.717) is 0 Å². The van der Waals surface area contributed by atoms with Crippen molar-refractivity contribution in [1.82, 2.24) is 19.6 Å². The highest BCUT2D eigenvalue weighted by molar-refractivity contribution is 5.85. The minimum Gasteiger partial charge on any atom is -0.265 e. The molecule has 0 saturated carbocycles. The van der Waals surface area contributed by atoms with Gasteiger partial charge < -0.3 is 0 Å². The van der Waals surface area contributed by atoms with Crippen molar-refractivity contribution < 1.29 is 26.3 Å². The second-order valence-corrected chi connectivity index (χ2v) is 4.14. The summed E-state index contributed by atoms with van der Waals surface area (Å²) in [5, 5.41) is 5.75. The third-order valence-electron chi connectivity index (χ3n) is 2.87. The molecule has 0 radical (unpaired) electrons. The summed E-state index contributed by atoms with van der Waals surface area (Å²) in [6.45, 7) is 0. The van der Waals surface area contributed by atoms with Gasteiger partial charge >= 0.3 is 12.4 Å². The summed E-state index contributed by atoms with van der Waals surface area (Å²) in [6, 6.07) is 2.06. The molecule has 21 heavy (non-hydrogen) atoms. The van der Waals surface area contributed by atoms with E-state index in [1.165, 1.54) is 6.20 Å². The van der Waals surface area contributed by atoms with Crippen LogP contribution in [0.25, 0.3) is 16.7 Å². The van der Waals surface area contributed by atoms with Crippen LogP contribution in [0.2, 0.25) is 0 Å². The Labute approximate surface area is 112 Å². The topological polar surface area (TPSA) is 43.1 Å². The van der Waals surface area contributed by atoms with Gasteiger partial charge in [0.2, 0.25) is 0 Å². The van der Waals surface area contributed by atoms with Gasteiger partial charge in [0.15, 0.2) is 5.65 Å². The van der Waals surface area contributed by atoms with Gasteiger partial charge in [0.25, 0.3) is 0 Å². The Morgan fingerprint density at radius 2 is 1.57 bits per heavy atom. The molecule has 0 bridgehead atoms. The number of fused-ring (bicyclic) bond motifs is 3. The molecule has 0 unspecified atom stereocenters.